The van der Waals surface area contributed by atoms with Gasteiger partial charge in [-0.15, -0.1) is 0 Å². The number of carbonyl (C=O) groups is 2. The van der Waals surface area contributed by atoms with Gasteiger partial charge in [0.2, 0.25) is 0 Å². The van der Waals surface area contributed by atoms with Crippen LogP contribution in [0.25, 0.3) is 11.0 Å². The highest BCUT2D eigenvalue weighted by Crippen LogP contribution is 2.22. The average Bonchev–Trinajstić information content (AvgIpc) is 3.10. The summed E-state index contributed by atoms with van der Waals surface area (Å²) >= 11 is 0. The zero-order valence-corrected chi connectivity index (χ0v) is 15.9. The van der Waals surface area contributed by atoms with Crippen molar-refractivity contribution in [2.24, 2.45) is 0 Å². The van der Waals surface area contributed by atoms with E-state index in [-0.39, 0.29) is 12.5 Å². The molecule has 2 aromatic heterocycles. The van der Waals surface area contributed by atoms with Crippen LogP contribution in [0, 0.1) is 0 Å². The topological polar surface area (TPSA) is 106 Å². The summed E-state index contributed by atoms with van der Waals surface area (Å²) < 4.78 is 6.90. The second kappa shape index (κ2) is 8.08. The van der Waals surface area contributed by atoms with Gasteiger partial charge in [-0.05, 0) is 37.6 Å². The Kier molecular flexibility index (Phi) is 5.58. The van der Waals surface area contributed by atoms with Crippen molar-refractivity contribution in [3.05, 3.63) is 53.9 Å². The molecule has 3 rings (SSSR count). The Morgan fingerprint density at radius 2 is 1.93 bits per heavy atom. The van der Waals surface area contributed by atoms with Crippen LogP contribution in [-0.2, 0) is 4.79 Å². The van der Waals surface area contributed by atoms with Crippen LogP contribution in [0.3, 0.4) is 0 Å². The summed E-state index contributed by atoms with van der Waals surface area (Å²) in [6.07, 6.45) is 2.90. The Bertz CT molecular complexity index is 995. The number of ether oxygens (including phenoxy) is 1. The molecule has 1 unspecified atom stereocenters. The van der Waals surface area contributed by atoms with Crippen molar-refractivity contribution in [1.29, 1.82) is 0 Å². The lowest BCUT2D eigenvalue weighted by atomic mass is 10.0. The molecule has 0 fully saturated rings. The maximum absolute atomic E-state index is 12.7. The average molecular weight is 382 g/mol. The van der Waals surface area contributed by atoms with Gasteiger partial charge in [0.05, 0.1) is 31.3 Å². The molecule has 0 bridgehead atoms. The lowest BCUT2D eigenvalue weighted by Gasteiger charge is -2.18. The fourth-order valence-corrected chi connectivity index (χ4v) is 2.95. The lowest BCUT2D eigenvalue weighted by molar-refractivity contribution is -0.137. The molecule has 0 spiro atoms. The predicted octanol–water partition coefficient (Wildman–Crippen LogP) is 2.97. The van der Waals surface area contributed by atoms with Crippen LogP contribution in [-0.4, -0.2) is 38.9 Å². The third-order valence-electron chi connectivity index (χ3n) is 4.39. The molecule has 0 radical (unpaired) electrons. The highest BCUT2D eigenvalue weighted by Gasteiger charge is 2.20. The monoisotopic (exact) mass is 382 g/mol. The number of methoxy groups -OCH3 is 1. The molecule has 0 aliphatic rings. The molecule has 0 aliphatic heterocycles. The van der Waals surface area contributed by atoms with Gasteiger partial charge in [-0.3, -0.25) is 9.59 Å². The summed E-state index contributed by atoms with van der Waals surface area (Å²) in [5.74, 6) is -0.748. The van der Waals surface area contributed by atoms with E-state index in [1.54, 1.807) is 48.3 Å². The van der Waals surface area contributed by atoms with Gasteiger partial charge in [-0.2, -0.15) is 5.10 Å². The van der Waals surface area contributed by atoms with Crippen LogP contribution < -0.4 is 10.1 Å². The number of rotatable bonds is 7. The number of nitrogens with zero attached hydrogens (tertiary/aromatic N) is 3. The normalized spacial score (nSPS) is 12.1. The Balaban J connectivity index is 1.84. The third-order valence-corrected chi connectivity index (χ3v) is 4.39. The molecule has 8 heteroatoms. The van der Waals surface area contributed by atoms with Gasteiger partial charge in [0, 0.05) is 17.6 Å². The van der Waals surface area contributed by atoms with Crippen molar-refractivity contribution in [3.8, 4) is 5.75 Å². The quantitative estimate of drug-likeness (QED) is 0.651. The van der Waals surface area contributed by atoms with Crippen molar-refractivity contribution < 1.29 is 19.4 Å². The number of aliphatic carboxylic acids is 1. The number of hydrogen-bond acceptors (Lipinski definition) is 5. The number of benzene rings is 1. The molecule has 0 aliphatic carbocycles. The van der Waals surface area contributed by atoms with Gasteiger partial charge >= 0.3 is 5.97 Å². The molecule has 0 saturated heterocycles. The number of fused-ring (bicyclic) bond motifs is 1. The molecule has 1 amide bonds. The lowest BCUT2D eigenvalue weighted by Crippen LogP contribution is -2.30. The first-order valence-corrected chi connectivity index (χ1v) is 8.89. The molecule has 0 saturated carbocycles. The number of aromatic nitrogens is 3. The van der Waals surface area contributed by atoms with E-state index in [0.717, 1.165) is 5.39 Å². The molecule has 1 atom stereocenters. The minimum absolute atomic E-state index is 0.152. The van der Waals surface area contributed by atoms with E-state index >= 15 is 0 Å². The van der Waals surface area contributed by atoms with E-state index in [0.29, 0.717) is 22.5 Å². The van der Waals surface area contributed by atoms with Crippen molar-refractivity contribution in [2.45, 2.75) is 32.4 Å². The van der Waals surface area contributed by atoms with E-state index in [1.807, 2.05) is 13.8 Å². The first-order valence-electron chi connectivity index (χ1n) is 8.89. The fourth-order valence-electron chi connectivity index (χ4n) is 2.95. The fraction of sp³-hybridized carbons (Fsp3) is 0.300. The Hall–Kier alpha value is -3.42. The van der Waals surface area contributed by atoms with Gasteiger partial charge in [0.25, 0.3) is 5.91 Å². The van der Waals surface area contributed by atoms with Crippen LogP contribution in [0.5, 0.6) is 5.75 Å². The second-order valence-corrected chi connectivity index (χ2v) is 6.72. The van der Waals surface area contributed by atoms with Gasteiger partial charge in [-0.25, -0.2) is 9.67 Å². The first kappa shape index (κ1) is 19.3. The SMILES string of the molecule is COc1ccc(C(CC(=O)O)NC(=O)c2cnc3c(cnn3C(C)C)c2)cc1. The summed E-state index contributed by atoms with van der Waals surface area (Å²) in [4.78, 5) is 28.3. The van der Waals surface area contributed by atoms with Crippen molar-refractivity contribution in [1.82, 2.24) is 20.1 Å². The van der Waals surface area contributed by atoms with Gasteiger partial charge < -0.3 is 15.2 Å². The molecule has 8 nitrogen and oxygen atoms in total. The summed E-state index contributed by atoms with van der Waals surface area (Å²) in [5.41, 5.74) is 1.72. The maximum Gasteiger partial charge on any atom is 0.305 e. The predicted molar refractivity (Wildman–Crippen MR) is 103 cm³/mol. The van der Waals surface area contributed by atoms with E-state index in [1.165, 1.54) is 6.20 Å². The van der Waals surface area contributed by atoms with Gasteiger partial charge in [-0.1, -0.05) is 12.1 Å². The molecular formula is C20H22N4O4. The Morgan fingerprint density at radius 3 is 2.54 bits per heavy atom. The van der Waals surface area contributed by atoms with Crippen LogP contribution in [0.1, 0.15) is 48.3 Å². The zero-order chi connectivity index (χ0) is 20.3. The summed E-state index contributed by atoms with van der Waals surface area (Å²) in [6, 6.07) is 8.11. The van der Waals surface area contributed by atoms with E-state index in [4.69, 9.17) is 4.74 Å². The van der Waals surface area contributed by atoms with E-state index < -0.39 is 17.9 Å². The smallest absolute Gasteiger partial charge is 0.305 e. The van der Waals surface area contributed by atoms with Crippen molar-refractivity contribution in [3.63, 3.8) is 0 Å². The van der Waals surface area contributed by atoms with Gasteiger partial charge in [0.1, 0.15) is 5.75 Å². The van der Waals surface area contributed by atoms with Crippen molar-refractivity contribution in [2.75, 3.05) is 7.11 Å². The van der Waals surface area contributed by atoms with Crippen LogP contribution >= 0.6 is 0 Å². The van der Waals surface area contributed by atoms with Crippen LogP contribution in [0.15, 0.2) is 42.7 Å². The van der Waals surface area contributed by atoms with Crippen LogP contribution in [0.4, 0.5) is 0 Å². The highest BCUT2D eigenvalue weighted by molar-refractivity contribution is 5.97. The Labute approximate surface area is 162 Å². The molecule has 3 aromatic rings. The molecule has 2 N–H and O–H groups in total. The number of amides is 1. The molecule has 1 aromatic carbocycles. The highest BCUT2D eigenvalue weighted by atomic mass is 16.5. The van der Waals surface area contributed by atoms with E-state index in [2.05, 4.69) is 15.4 Å². The summed E-state index contributed by atoms with van der Waals surface area (Å²) in [5, 5.41) is 17.1. The zero-order valence-electron chi connectivity index (χ0n) is 15.9. The van der Waals surface area contributed by atoms with Crippen molar-refractivity contribution >= 4 is 22.9 Å². The molecule has 2 heterocycles. The maximum atomic E-state index is 12.7. The number of carboxylic acids is 1. The number of carboxylic acid groups (broad SMARTS) is 1. The summed E-state index contributed by atoms with van der Waals surface area (Å²) in [7, 11) is 1.55. The number of nitrogens with one attached hydrogen (secondary N) is 1. The minimum atomic E-state index is -1.01. The summed E-state index contributed by atoms with van der Waals surface area (Å²) in [6.45, 7) is 4.00. The number of carbonyl (C=O) groups excluding carboxylic acids is 1. The van der Waals surface area contributed by atoms with Gasteiger partial charge in [0.15, 0.2) is 5.65 Å². The van der Waals surface area contributed by atoms with E-state index in [9.17, 15) is 14.7 Å². The standard InChI is InChI=1S/C20H22N4O4/c1-12(2)24-19-14(11-22-24)8-15(10-21-19)20(27)23-17(9-18(25)26)13-4-6-16(28-3)7-5-13/h4-8,10-12,17H,9H2,1-3H3,(H,23,27)(H,25,26). The first-order chi connectivity index (χ1) is 13.4. The number of hydrogen-bond donors (Lipinski definition) is 2. The molecule has 146 valence electrons. The third kappa shape index (κ3) is 4.11. The Morgan fingerprint density at radius 1 is 1.21 bits per heavy atom. The van der Waals surface area contributed by atoms with Crippen LogP contribution in [0.2, 0.25) is 0 Å². The molecule has 28 heavy (non-hydrogen) atoms. The second-order valence-electron chi connectivity index (χ2n) is 6.72. The number of pyridine rings is 1. The molecular weight excluding hydrogens is 360 g/mol. The largest absolute Gasteiger partial charge is 0.497 e. The minimum Gasteiger partial charge on any atom is -0.497 e.